The first-order valence-corrected chi connectivity index (χ1v) is 37.7. The number of nitrogens with zero attached hydrogens (tertiary/aromatic N) is 10. The average Bonchev–Trinajstić information content (AvgIpc) is 1.65. The normalized spacial score (nSPS) is 10.8. The number of thiazole rings is 1. The second-order valence-electron chi connectivity index (χ2n) is 24.3. The second-order valence-corrected chi connectivity index (χ2v) is 30.2. The van der Waals surface area contributed by atoms with Crippen molar-refractivity contribution in [3.05, 3.63) is 302 Å². The summed E-state index contributed by atoms with van der Waals surface area (Å²) in [6, 6.07) is 31.7. The molecule has 0 radical (unpaired) electrons. The first kappa shape index (κ1) is 77.9. The van der Waals surface area contributed by atoms with E-state index in [2.05, 4.69) is 89.1 Å². The maximum Gasteiger partial charge on any atom is 0.262 e. The summed E-state index contributed by atoms with van der Waals surface area (Å²) in [6.07, 6.45) is 19.4. The van der Waals surface area contributed by atoms with E-state index in [0.717, 1.165) is 143 Å². The van der Waals surface area contributed by atoms with Crippen LogP contribution in [0, 0.1) is 74.2 Å². The van der Waals surface area contributed by atoms with Gasteiger partial charge in [-0.25, -0.2) is 70.0 Å². The molecule has 16 rings (SSSR count). The van der Waals surface area contributed by atoms with Crippen molar-refractivity contribution in [2.75, 3.05) is 21.3 Å². The van der Waals surface area contributed by atoms with Crippen molar-refractivity contribution in [2.24, 2.45) is 7.05 Å². The van der Waals surface area contributed by atoms with Gasteiger partial charge in [0, 0.05) is 66.7 Å². The molecule has 0 saturated heterocycles. The van der Waals surface area contributed by atoms with Crippen LogP contribution >= 0.6 is 56.7 Å². The third kappa shape index (κ3) is 18.2. The molecule has 4 amide bonds. The molecule has 566 valence electrons. The lowest BCUT2D eigenvalue weighted by atomic mass is 10.1. The molecule has 6 N–H and O–H groups in total. The van der Waals surface area contributed by atoms with Crippen molar-refractivity contribution in [3.8, 4) is 86.4 Å². The van der Waals surface area contributed by atoms with Crippen molar-refractivity contribution in [1.29, 1.82) is 0 Å². The Hall–Kier alpha value is -13.2. The molecule has 0 spiro atoms. The van der Waals surface area contributed by atoms with Crippen molar-refractivity contribution in [2.45, 2.75) is 27.7 Å². The maximum absolute atomic E-state index is 13.8. The fraction of sp³-hybridized carbons (Fsp3) is 0.0625. The van der Waals surface area contributed by atoms with Crippen LogP contribution in [0.25, 0.3) is 86.4 Å². The van der Waals surface area contributed by atoms with Crippen LogP contribution in [0.4, 0.5) is 58.3 Å². The number of carbonyl (C=O) groups excluding carboxylic acids is 4. The second kappa shape index (κ2) is 34.8. The number of imidazole rings is 3. The minimum absolute atomic E-state index is 0.0954. The number of amides is 4. The molecule has 0 saturated carbocycles. The molecule has 11 heterocycles. The molecular weight excluding hydrogens is 1560 g/mol. The van der Waals surface area contributed by atoms with Gasteiger partial charge in [-0.3, -0.25) is 29.1 Å². The van der Waals surface area contributed by atoms with Gasteiger partial charge in [-0.05, 0) is 141 Å². The third-order valence-corrected chi connectivity index (χ3v) is 22.0. The lowest BCUT2D eigenvalue weighted by molar-refractivity contribution is 0.101. The molecule has 5 aromatic carbocycles. The number of rotatable bonds is 16. The number of nitrogens with one attached hydrogen (secondary N) is 6. The number of benzene rings is 5. The Labute approximate surface area is 657 Å². The van der Waals surface area contributed by atoms with Gasteiger partial charge in [0.2, 0.25) is 0 Å². The van der Waals surface area contributed by atoms with E-state index in [9.17, 15) is 54.3 Å². The number of pyridine rings is 1. The Morgan fingerprint density at radius 3 is 1.17 bits per heavy atom. The van der Waals surface area contributed by atoms with Gasteiger partial charge in [0.1, 0.15) is 79.6 Å². The van der Waals surface area contributed by atoms with Crippen LogP contribution in [0.15, 0.2) is 214 Å². The molecule has 16 aromatic rings. The number of hydrogen-bond donors (Lipinski definition) is 6. The Kier molecular flexibility index (Phi) is 24.0. The SMILES string of the molecule is Cc1sc(-c2cnc[nH]2)cc1-c1ccc(NC(=O)c2c(F)cccc2F)nc1.Cc1sc(-c2cnc[nH]2)cc1-c1cnc(NC(=O)c2c(F)cccc2F)cn1.Cc1sc(-c2cncn2C)cc1-c1ccc(NC(=O)c2c(F)cccc2F)cc1.Cc1sc(-c2nccs2)cc1-c1cnc(NC(=O)c2c(F)cccc2F)cn1. The summed E-state index contributed by atoms with van der Waals surface area (Å²) in [5.41, 5.74) is 7.83. The fourth-order valence-electron chi connectivity index (χ4n) is 11.2. The number of H-pyrrole nitrogens is 2. The van der Waals surface area contributed by atoms with E-state index in [-0.39, 0.29) is 17.5 Å². The highest BCUT2D eigenvalue weighted by atomic mass is 32.1. The van der Waals surface area contributed by atoms with Crippen LogP contribution in [0.5, 0.6) is 0 Å². The summed E-state index contributed by atoms with van der Waals surface area (Å²) in [5.74, 6) is -10.5. The Balaban J connectivity index is 0.000000132. The molecule has 0 aliphatic carbocycles. The van der Waals surface area contributed by atoms with Gasteiger partial charge < -0.3 is 35.8 Å². The van der Waals surface area contributed by atoms with Gasteiger partial charge in [0.25, 0.3) is 23.6 Å². The zero-order chi connectivity index (χ0) is 79.6. The average molecular weight is 1620 g/mol. The summed E-state index contributed by atoms with van der Waals surface area (Å²) in [4.78, 5) is 101. The van der Waals surface area contributed by atoms with Gasteiger partial charge >= 0.3 is 0 Å². The number of halogens is 8. The van der Waals surface area contributed by atoms with Crippen molar-refractivity contribution in [1.82, 2.24) is 59.4 Å². The minimum Gasteiger partial charge on any atom is -0.344 e. The van der Waals surface area contributed by atoms with E-state index < -0.39 is 92.4 Å². The highest BCUT2D eigenvalue weighted by Crippen LogP contribution is 2.41. The van der Waals surface area contributed by atoms with Crippen LogP contribution in [-0.4, -0.2) is 83.0 Å². The molecule has 11 aromatic heterocycles. The van der Waals surface area contributed by atoms with Gasteiger partial charge in [0.05, 0.1) is 110 Å². The summed E-state index contributed by atoms with van der Waals surface area (Å²) in [5, 5.41) is 12.5. The molecule has 20 nitrogen and oxygen atoms in total. The summed E-state index contributed by atoms with van der Waals surface area (Å²) in [7, 11) is 1.95. The molecular formula is C80H56F8N16O4S5. The quantitative estimate of drug-likeness (QED) is 0.0492. The van der Waals surface area contributed by atoms with Crippen molar-refractivity contribution < 1.29 is 54.3 Å². The molecule has 113 heavy (non-hydrogen) atoms. The topological polar surface area (TPSA) is 269 Å². The molecule has 0 bridgehead atoms. The van der Waals surface area contributed by atoms with Crippen LogP contribution < -0.4 is 21.3 Å². The zero-order valence-electron chi connectivity index (χ0n) is 59.4. The summed E-state index contributed by atoms with van der Waals surface area (Å²) >= 11 is 8.07. The van der Waals surface area contributed by atoms with Crippen molar-refractivity contribution in [3.63, 3.8) is 0 Å². The monoisotopic (exact) mass is 1620 g/mol. The maximum atomic E-state index is 13.8. The van der Waals surface area contributed by atoms with Crippen LogP contribution in [0.2, 0.25) is 0 Å². The Morgan fingerprint density at radius 1 is 0.381 bits per heavy atom. The molecule has 0 aliphatic heterocycles. The molecule has 33 heteroatoms. The minimum atomic E-state index is -0.942. The van der Waals surface area contributed by atoms with Crippen LogP contribution in [0.1, 0.15) is 60.9 Å². The number of aromatic amines is 2. The van der Waals surface area contributed by atoms with Crippen LogP contribution in [0.3, 0.4) is 0 Å². The van der Waals surface area contributed by atoms with E-state index in [1.165, 1.54) is 49.1 Å². The van der Waals surface area contributed by atoms with E-state index >= 15 is 0 Å². The Morgan fingerprint density at radius 2 is 0.770 bits per heavy atom. The highest BCUT2D eigenvalue weighted by molar-refractivity contribution is 7.21. The van der Waals surface area contributed by atoms with Gasteiger partial charge in [-0.15, -0.1) is 56.7 Å². The Bertz CT molecular complexity index is 5580. The number of anilines is 4. The first-order valence-electron chi connectivity index (χ1n) is 33.5. The zero-order valence-corrected chi connectivity index (χ0v) is 63.5. The van der Waals surface area contributed by atoms with E-state index in [1.54, 1.807) is 125 Å². The van der Waals surface area contributed by atoms with Crippen molar-refractivity contribution >= 4 is 103 Å². The standard InChI is InChI=1S/C22H17F2N3OS.C20H14F2N4OS.C19H13F2N5OS.C19H12F2N4OS2/c1-13-16(10-20(29-13)19-11-25-12-27(19)2)14-6-8-15(9-7-14)26-22(28)21-17(23)4-3-5-18(21)24;1-11-13(7-17(28-11)16-9-23-10-25-16)12-5-6-18(24-8-12)26-20(27)19-14(21)3-2-4-15(19)22;1-10-11(5-16(28-10)15-6-22-9-25-15)14-7-24-17(8-23-14)26-19(27)18-12(20)3-2-4-13(18)21;1-10-11(7-15(28-10)19-22-5-6-27-19)14-8-24-16(9-23-14)25-18(26)17-12(20)3-2-4-13(17)21/h3-12H,1-2H3,(H,26,28);2-10H,1H3,(H,23,25)(H,24,26,27);2-9H,1H3,(H,22,25)(H,24,26,27);2-9H,1H3,(H,24,25,26). The van der Waals surface area contributed by atoms with Crippen LogP contribution in [-0.2, 0) is 7.05 Å². The van der Waals surface area contributed by atoms with E-state index in [0.29, 0.717) is 17.1 Å². The molecule has 0 aliphatic rings. The lowest BCUT2D eigenvalue weighted by Crippen LogP contribution is -2.16. The third-order valence-electron chi connectivity index (χ3n) is 16.8. The number of thiophene rings is 4. The van der Waals surface area contributed by atoms with Gasteiger partial charge in [-0.1, -0.05) is 36.4 Å². The smallest absolute Gasteiger partial charge is 0.262 e. The predicted molar refractivity (Wildman–Crippen MR) is 423 cm³/mol. The molecule has 0 fully saturated rings. The predicted octanol–water partition coefficient (Wildman–Crippen LogP) is 20.3. The van der Waals surface area contributed by atoms with E-state index in [1.807, 2.05) is 74.3 Å². The summed E-state index contributed by atoms with van der Waals surface area (Å²) in [6.45, 7) is 8.01. The largest absolute Gasteiger partial charge is 0.344 e. The van der Waals surface area contributed by atoms with Gasteiger partial charge in [-0.2, -0.15) is 0 Å². The van der Waals surface area contributed by atoms with Gasteiger partial charge in [0.15, 0.2) is 11.6 Å². The number of carbonyl (C=O) groups is 4. The fourth-order valence-corrected chi connectivity index (χ4v) is 16.1. The number of hydrogen-bond acceptors (Lipinski definition) is 18. The molecule has 0 unspecified atom stereocenters. The first-order chi connectivity index (χ1) is 54.5. The summed E-state index contributed by atoms with van der Waals surface area (Å²) < 4.78 is 112. The number of aromatic nitrogens is 12. The highest BCUT2D eigenvalue weighted by Gasteiger charge is 2.24. The molecule has 0 atom stereocenters. The lowest BCUT2D eigenvalue weighted by Gasteiger charge is -2.08. The number of aryl methyl sites for hydroxylation is 5. The van der Waals surface area contributed by atoms with E-state index in [4.69, 9.17) is 0 Å².